The standard InChI is InChI=1S/C13H9NO2.C12H15N3O2.C11H11N3O2.C11H13N3O.C9H13NO2.C9H7NO2.C8H7NO3S.C8H13NO2.C7H14.C5H7N3O2.C5H7NO2/c1-14-12(15)9-6-2-4-8-5-3-7-10(11(8)9)13(14)16;1-10-13-14(2)12(16)15(10)8-9-17-11-6-4-3-5-7-11;1-13-11(16)14(10(15)7-12-13)8-9-5-3-2-4-6-9;1-9-12-13(2)11(15)14(9)8-10-6-4-3-5-7-10;2*1-10-8(11)6-4-2-3-5-7(6)9(10)12;1-9-8(10)6-4-2-3-5-7(6)13(9,11)12;1-8(2)4-6(10)9(3)7(11)5-8;1-7-5-3-2-4-6-7;1-7-4(9)3-6-8(2)5(7)10;1-6-4(7)2-3-5(6)8/h2-7H,1H3;3-7H,8-9H2,1-2H3;2-7H,8H2,1H3;3-7H,8H2,1-2H3;6-7H,2-5H2,1H3;2-5H,1H3;2-5H,1H3;4-5H2,1-3H3;7H,2-6H2,1H3;3H,1-2H3;2-3H2,1H3. The first kappa shape index (κ1) is 106. The molecule has 137 heavy (non-hydrogen) atoms. The topological polar surface area (TPSA) is 444 Å². The van der Waals surface area contributed by atoms with Crippen LogP contribution in [0.25, 0.3) is 10.8 Å². The Morgan fingerprint density at radius 2 is 0.766 bits per heavy atom. The highest BCUT2D eigenvalue weighted by atomic mass is 32.2. The van der Waals surface area contributed by atoms with E-state index in [1.165, 1.54) is 118 Å². The zero-order valence-corrected chi connectivity index (χ0v) is 80.6. The molecule has 4 aromatic heterocycles. The van der Waals surface area contributed by atoms with E-state index in [4.69, 9.17) is 4.74 Å². The minimum absolute atomic E-state index is 0.0243. The molecule has 0 radical (unpaired) electrons. The van der Waals surface area contributed by atoms with Gasteiger partial charge in [0.1, 0.15) is 41.3 Å². The molecule has 0 N–H and O–H groups in total. The lowest BCUT2D eigenvalue weighted by Crippen LogP contribution is -2.43. The number of hydrogen-bond acceptors (Lipinski definition) is 24. The van der Waals surface area contributed by atoms with Crippen LogP contribution in [0.5, 0.6) is 5.75 Å². The van der Waals surface area contributed by atoms with E-state index in [9.17, 15) is 89.9 Å². The second kappa shape index (κ2) is 47.6. The van der Waals surface area contributed by atoms with E-state index in [0.29, 0.717) is 73.5 Å². The van der Waals surface area contributed by atoms with E-state index >= 15 is 0 Å². The van der Waals surface area contributed by atoms with E-state index in [1.54, 1.807) is 85.9 Å². The monoisotopic (exact) mass is 1900 g/mol. The van der Waals surface area contributed by atoms with Gasteiger partial charge >= 0.3 is 22.8 Å². The summed E-state index contributed by atoms with van der Waals surface area (Å²) >= 11 is 0. The quantitative estimate of drug-likeness (QED) is 0.131. The average Bonchev–Trinajstić information content (AvgIpc) is 1.74. The van der Waals surface area contributed by atoms with Crippen LogP contribution in [0.1, 0.15) is 179 Å². The van der Waals surface area contributed by atoms with E-state index in [0.717, 1.165) is 110 Å². The first-order valence-corrected chi connectivity index (χ1v) is 45.8. The number of hydrogen-bond donors (Lipinski definition) is 0. The lowest BCUT2D eigenvalue weighted by Gasteiger charge is -2.32. The molecule has 3 saturated heterocycles. The molecule has 0 bridgehead atoms. The zero-order valence-electron chi connectivity index (χ0n) is 79.8. The summed E-state index contributed by atoms with van der Waals surface area (Å²) in [7, 11) is 13.1. The predicted molar refractivity (Wildman–Crippen MR) is 508 cm³/mol. The summed E-state index contributed by atoms with van der Waals surface area (Å²) in [6.07, 6.45) is 15.5. The third-order valence-corrected chi connectivity index (χ3v) is 25.5. The third kappa shape index (κ3) is 26.7. The number of fused-ring (bicyclic) bond motifs is 3. The SMILES string of the molecule is CC1CCCCC1.CN1C(=O)C2CCCCC2C1=O.CN1C(=O)CC(C)(C)CC1=O.CN1C(=O)CCC1=O.CN1C(=O)c2cccc3cccc(c23)C1=O.CN1C(=O)c2ccccc2C1=O.CN1C(=O)c2ccccc2S1(=O)=O.Cc1nn(C)c(=O)n1CCOc1ccccc1.Cc1nn(C)c(=O)n1Cc1ccccc1.Cn1ncc(=O)n(C)c1=O.Cn1ncc(=O)n(Cc2ccccc2)c1=O. The highest BCUT2D eigenvalue weighted by molar-refractivity contribution is 7.90. The van der Waals surface area contributed by atoms with Gasteiger partial charge < -0.3 is 4.74 Å². The van der Waals surface area contributed by atoms with Crippen molar-refractivity contribution in [3.8, 4) is 5.75 Å². The summed E-state index contributed by atoms with van der Waals surface area (Å²) in [5, 5.41) is 17.0. The van der Waals surface area contributed by atoms with Crippen LogP contribution in [0.3, 0.4) is 0 Å². The van der Waals surface area contributed by atoms with Crippen molar-refractivity contribution in [3.63, 3.8) is 0 Å². The van der Waals surface area contributed by atoms with Gasteiger partial charge in [-0.05, 0) is 103 Å². The second-order valence-corrected chi connectivity index (χ2v) is 36.2. The number of aromatic nitrogens is 12. The second-order valence-electron chi connectivity index (χ2n) is 34.3. The van der Waals surface area contributed by atoms with E-state index in [2.05, 4.69) is 27.3 Å². The molecule has 39 heteroatoms. The first-order chi connectivity index (χ1) is 64.9. The number of ether oxygens (including phenoxy) is 1. The minimum atomic E-state index is -3.55. The highest BCUT2D eigenvalue weighted by Gasteiger charge is 2.46. The number of imide groups is 5. The molecular formula is C98H116N18O20S. The Kier molecular flexibility index (Phi) is 36.7. The van der Waals surface area contributed by atoms with Crippen molar-refractivity contribution in [3.05, 3.63) is 302 Å². The number of benzene rings is 7. The Balaban J connectivity index is 0.000000170. The zero-order chi connectivity index (χ0) is 101. The van der Waals surface area contributed by atoms with Crippen LogP contribution in [0.2, 0.25) is 0 Å². The van der Waals surface area contributed by atoms with Crippen molar-refractivity contribution in [2.24, 2.45) is 58.4 Å². The van der Waals surface area contributed by atoms with Crippen molar-refractivity contribution in [1.29, 1.82) is 0 Å². The van der Waals surface area contributed by atoms with E-state index in [-0.39, 0.29) is 116 Å². The molecule has 2 unspecified atom stereocenters. The van der Waals surface area contributed by atoms with Crippen LogP contribution in [0.15, 0.2) is 222 Å². The predicted octanol–water partition coefficient (Wildman–Crippen LogP) is 7.75. The molecule has 2 atom stereocenters. The molecule has 8 aliphatic rings. The number of para-hydroxylation sites is 1. The minimum Gasteiger partial charge on any atom is -0.492 e. The number of amides is 11. The smallest absolute Gasteiger partial charge is 0.347 e. The van der Waals surface area contributed by atoms with Crippen molar-refractivity contribution in [2.45, 2.75) is 143 Å². The number of carbonyl (C=O) groups excluding carboxylic acids is 11. The van der Waals surface area contributed by atoms with Crippen molar-refractivity contribution in [2.75, 3.05) is 48.9 Å². The van der Waals surface area contributed by atoms with Gasteiger partial charge in [0.05, 0.1) is 48.2 Å². The molecule has 6 aliphatic heterocycles. The summed E-state index contributed by atoms with van der Waals surface area (Å²) in [6.45, 7) is 11.7. The lowest BCUT2D eigenvalue weighted by molar-refractivity contribution is -0.150. The van der Waals surface area contributed by atoms with Crippen molar-refractivity contribution < 1.29 is 65.9 Å². The number of likely N-dealkylation sites (tertiary alicyclic amines) is 3. The normalized spacial score (nSPS) is 16.7. The van der Waals surface area contributed by atoms with Crippen LogP contribution in [0, 0.1) is 37.0 Å². The largest absolute Gasteiger partial charge is 0.492 e. The molecule has 0 spiro atoms. The summed E-state index contributed by atoms with van der Waals surface area (Å²) in [4.78, 5) is 198. The Labute approximate surface area is 791 Å². The molecule has 38 nitrogen and oxygen atoms in total. The van der Waals surface area contributed by atoms with Gasteiger partial charge in [0.15, 0.2) is 0 Å². The molecule has 724 valence electrons. The maximum Gasteiger partial charge on any atom is 0.347 e. The Morgan fingerprint density at radius 1 is 0.380 bits per heavy atom. The summed E-state index contributed by atoms with van der Waals surface area (Å²) in [5.41, 5.74) is 2.59. The van der Waals surface area contributed by atoms with Crippen molar-refractivity contribution in [1.82, 2.24) is 86.2 Å². The van der Waals surface area contributed by atoms with Crippen LogP contribution in [0.4, 0.5) is 0 Å². The van der Waals surface area contributed by atoms with Crippen molar-refractivity contribution >= 4 is 85.8 Å². The highest BCUT2D eigenvalue weighted by Crippen LogP contribution is 2.38. The number of nitrogens with zero attached hydrogens (tertiary/aromatic N) is 18. The van der Waals surface area contributed by atoms with Crippen LogP contribution in [-0.2, 0) is 93.7 Å². The Hall–Kier alpha value is -15.2. The van der Waals surface area contributed by atoms with Gasteiger partial charge in [-0.25, -0.2) is 50.6 Å². The molecular weight excluding hydrogens is 1780 g/mol. The van der Waals surface area contributed by atoms with Crippen LogP contribution < -0.4 is 38.6 Å². The summed E-state index contributed by atoms with van der Waals surface area (Å²) in [5.74, 6) is 1.84. The molecule has 19 rings (SSSR count). The molecule has 10 heterocycles. The van der Waals surface area contributed by atoms with Gasteiger partial charge in [-0.2, -0.15) is 20.4 Å². The Bertz CT molecular complexity index is 6640. The molecule has 11 amide bonds. The van der Waals surface area contributed by atoms with Gasteiger partial charge in [0.25, 0.3) is 50.7 Å². The summed E-state index contributed by atoms with van der Waals surface area (Å²) in [6, 6.07) is 52.8. The van der Waals surface area contributed by atoms with E-state index in [1.807, 2.05) is 143 Å². The summed E-state index contributed by atoms with van der Waals surface area (Å²) < 4.78 is 39.6. The number of piperidine rings is 1. The van der Waals surface area contributed by atoms with Gasteiger partial charge in [0.2, 0.25) is 35.4 Å². The Morgan fingerprint density at radius 3 is 1.19 bits per heavy atom. The maximum absolute atomic E-state index is 11.9. The number of carbonyl (C=O) groups is 11. The van der Waals surface area contributed by atoms with Gasteiger partial charge in [-0.1, -0.05) is 193 Å². The first-order valence-electron chi connectivity index (χ1n) is 44.4. The fraction of sp³-hybridized carbons (Fsp3) is 0.378. The maximum atomic E-state index is 11.9. The molecule has 2 aliphatic carbocycles. The van der Waals surface area contributed by atoms with Crippen LogP contribution in [-0.4, -0.2) is 208 Å². The third-order valence-electron chi connectivity index (χ3n) is 23.7. The van der Waals surface area contributed by atoms with Gasteiger partial charge in [-0.3, -0.25) is 105 Å². The fourth-order valence-electron chi connectivity index (χ4n) is 15.6. The number of rotatable bonds is 8. The lowest BCUT2D eigenvalue weighted by atomic mass is 9.81. The number of sulfonamides is 1. The molecule has 11 aromatic rings. The van der Waals surface area contributed by atoms with Gasteiger partial charge in [-0.15, -0.1) is 0 Å². The molecule has 7 aromatic carbocycles. The van der Waals surface area contributed by atoms with E-state index < -0.39 is 27.3 Å². The van der Waals surface area contributed by atoms with Crippen LogP contribution >= 0.6 is 0 Å². The average molecular weight is 1900 g/mol. The molecule has 2 saturated carbocycles. The molecule has 5 fully saturated rings. The fourth-order valence-corrected chi connectivity index (χ4v) is 16.9. The number of aryl methyl sites for hydroxylation is 6. The van der Waals surface area contributed by atoms with Gasteiger partial charge in [0, 0.05) is 120 Å².